The molecule has 1 N–H and O–H groups in total. The second-order valence-corrected chi connectivity index (χ2v) is 8.39. The Bertz CT molecular complexity index is 976. The highest BCUT2D eigenvalue weighted by atomic mass is 35.5. The molecule has 1 aromatic heterocycles. The maximum atomic E-state index is 14.2. The molecule has 29 heavy (non-hydrogen) atoms. The van der Waals surface area contributed by atoms with Crippen molar-refractivity contribution in [1.29, 1.82) is 0 Å². The van der Waals surface area contributed by atoms with E-state index in [-0.39, 0.29) is 17.8 Å². The van der Waals surface area contributed by atoms with Crippen molar-refractivity contribution in [3.05, 3.63) is 82.9 Å². The average molecular weight is 414 g/mol. The normalized spacial score (nSPS) is 20.1. The quantitative estimate of drug-likeness (QED) is 0.647. The second-order valence-electron chi connectivity index (χ2n) is 7.99. The number of likely N-dealkylation sites (tertiary alicyclic amines) is 1. The molecule has 6 heteroatoms. The predicted octanol–water partition coefficient (Wildman–Crippen LogP) is 4.48. The molecule has 1 atom stereocenters. The molecule has 0 amide bonds. The van der Waals surface area contributed by atoms with Crippen LogP contribution < -0.4 is 0 Å². The van der Waals surface area contributed by atoms with Crippen LogP contribution in [0.3, 0.4) is 0 Å². The summed E-state index contributed by atoms with van der Waals surface area (Å²) in [4.78, 5) is 2.33. The van der Waals surface area contributed by atoms with Crippen molar-refractivity contribution in [1.82, 2.24) is 14.7 Å². The second kappa shape index (κ2) is 8.66. The highest BCUT2D eigenvalue weighted by Gasteiger charge is 2.35. The summed E-state index contributed by atoms with van der Waals surface area (Å²) < 4.78 is 16.0. The first-order valence-corrected chi connectivity index (χ1v) is 10.3. The molecule has 0 spiro atoms. The van der Waals surface area contributed by atoms with Gasteiger partial charge in [0, 0.05) is 30.3 Å². The van der Waals surface area contributed by atoms with Crippen molar-refractivity contribution < 1.29 is 9.50 Å². The molecule has 152 valence electrons. The number of nitrogens with zero attached hydrogens (tertiary/aromatic N) is 3. The molecule has 1 aliphatic heterocycles. The van der Waals surface area contributed by atoms with E-state index in [9.17, 15) is 9.50 Å². The molecule has 0 saturated carbocycles. The minimum Gasteiger partial charge on any atom is -0.396 e. The number of aromatic nitrogens is 2. The third-order valence-corrected chi connectivity index (χ3v) is 6.06. The van der Waals surface area contributed by atoms with E-state index in [1.165, 1.54) is 6.07 Å². The smallest absolute Gasteiger partial charge is 0.126 e. The van der Waals surface area contributed by atoms with E-state index in [0.29, 0.717) is 17.0 Å². The zero-order chi connectivity index (χ0) is 20.3. The minimum atomic E-state index is -0.320. The standard InChI is InChI=1S/C23H25ClFN3O/c24-20-7-2-4-9-22(20)28-15-18(13-26-28)14-27-11-5-10-23(16-27,17-29)12-19-6-1-3-8-21(19)25/h1-4,6-9,13,15,29H,5,10-12,14,16-17H2/t23-/m1/s1. The van der Waals surface area contributed by atoms with Gasteiger partial charge in [-0.2, -0.15) is 5.10 Å². The lowest BCUT2D eigenvalue weighted by atomic mass is 9.75. The molecule has 0 unspecified atom stereocenters. The van der Waals surface area contributed by atoms with E-state index in [1.54, 1.807) is 10.7 Å². The first kappa shape index (κ1) is 20.1. The Morgan fingerprint density at radius 1 is 1.14 bits per heavy atom. The molecule has 0 bridgehead atoms. The lowest BCUT2D eigenvalue weighted by Crippen LogP contribution is -2.46. The first-order valence-electron chi connectivity index (χ1n) is 9.94. The average Bonchev–Trinajstić information content (AvgIpc) is 3.18. The fourth-order valence-electron chi connectivity index (χ4n) is 4.29. The Labute approximate surface area is 175 Å². The largest absolute Gasteiger partial charge is 0.396 e. The number of hydrogen-bond donors (Lipinski definition) is 1. The highest BCUT2D eigenvalue weighted by molar-refractivity contribution is 6.32. The van der Waals surface area contributed by atoms with Crippen LogP contribution in [0.4, 0.5) is 4.39 Å². The number of aliphatic hydroxyl groups is 1. The third kappa shape index (κ3) is 4.53. The Morgan fingerprint density at radius 2 is 1.93 bits per heavy atom. The van der Waals surface area contributed by atoms with Crippen molar-refractivity contribution in [2.45, 2.75) is 25.8 Å². The van der Waals surface area contributed by atoms with Gasteiger partial charge in [0.05, 0.1) is 23.5 Å². The van der Waals surface area contributed by atoms with Crippen LogP contribution in [0.15, 0.2) is 60.9 Å². The molecule has 0 radical (unpaired) electrons. The van der Waals surface area contributed by atoms with Crippen LogP contribution in [0.5, 0.6) is 0 Å². The number of aliphatic hydroxyl groups excluding tert-OH is 1. The summed E-state index contributed by atoms with van der Waals surface area (Å²) in [5, 5.41) is 15.3. The van der Waals surface area contributed by atoms with Crippen LogP contribution in [0, 0.1) is 11.2 Å². The van der Waals surface area contributed by atoms with E-state index in [4.69, 9.17) is 11.6 Å². The number of rotatable bonds is 6. The van der Waals surface area contributed by atoms with Gasteiger partial charge in [0.25, 0.3) is 0 Å². The van der Waals surface area contributed by atoms with Gasteiger partial charge in [-0.05, 0) is 49.6 Å². The van der Waals surface area contributed by atoms with Crippen molar-refractivity contribution in [3.63, 3.8) is 0 Å². The van der Waals surface area contributed by atoms with Crippen LogP contribution in [0.25, 0.3) is 5.69 Å². The maximum absolute atomic E-state index is 14.2. The molecule has 4 rings (SSSR count). The Hall–Kier alpha value is -2.21. The van der Waals surface area contributed by atoms with Gasteiger partial charge in [-0.25, -0.2) is 9.07 Å². The fraction of sp³-hybridized carbons (Fsp3) is 0.348. The van der Waals surface area contributed by atoms with Gasteiger partial charge in [-0.3, -0.25) is 4.90 Å². The van der Waals surface area contributed by atoms with E-state index in [0.717, 1.165) is 43.7 Å². The number of para-hydroxylation sites is 1. The summed E-state index contributed by atoms with van der Waals surface area (Å²) >= 11 is 6.28. The Kier molecular flexibility index (Phi) is 5.99. The maximum Gasteiger partial charge on any atom is 0.126 e. The summed E-state index contributed by atoms with van der Waals surface area (Å²) in [6, 6.07) is 14.5. The molecule has 4 nitrogen and oxygen atoms in total. The number of piperidine rings is 1. The van der Waals surface area contributed by atoms with E-state index >= 15 is 0 Å². The van der Waals surface area contributed by atoms with Crippen molar-refractivity contribution in [3.8, 4) is 5.69 Å². The molecule has 2 aromatic carbocycles. The van der Waals surface area contributed by atoms with Crippen LogP contribution in [-0.2, 0) is 13.0 Å². The van der Waals surface area contributed by atoms with Gasteiger partial charge >= 0.3 is 0 Å². The topological polar surface area (TPSA) is 41.3 Å². The minimum absolute atomic E-state index is 0.0523. The number of halogens is 2. The van der Waals surface area contributed by atoms with Crippen LogP contribution in [0.1, 0.15) is 24.0 Å². The fourth-order valence-corrected chi connectivity index (χ4v) is 4.51. The van der Waals surface area contributed by atoms with E-state index in [1.807, 2.05) is 48.8 Å². The molecule has 3 aromatic rings. The predicted molar refractivity (Wildman–Crippen MR) is 113 cm³/mol. The zero-order valence-electron chi connectivity index (χ0n) is 16.3. The summed E-state index contributed by atoms with van der Waals surface area (Å²) in [5.41, 5.74) is 2.29. The Balaban J connectivity index is 1.47. The summed E-state index contributed by atoms with van der Waals surface area (Å²) in [7, 11) is 0. The highest BCUT2D eigenvalue weighted by Crippen LogP contribution is 2.34. The van der Waals surface area contributed by atoms with Gasteiger partial charge in [0.1, 0.15) is 5.82 Å². The lowest BCUT2D eigenvalue weighted by molar-refractivity contribution is 0.0283. The summed E-state index contributed by atoms with van der Waals surface area (Å²) in [6.45, 7) is 2.48. The summed E-state index contributed by atoms with van der Waals surface area (Å²) in [6.07, 6.45) is 6.27. The van der Waals surface area contributed by atoms with Crippen molar-refractivity contribution >= 4 is 11.6 Å². The Morgan fingerprint density at radius 3 is 2.72 bits per heavy atom. The molecule has 1 saturated heterocycles. The van der Waals surface area contributed by atoms with Gasteiger partial charge in [0.2, 0.25) is 0 Å². The molecule has 1 aliphatic rings. The number of hydrogen-bond acceptors (Lipinski definition) is 3. The van der Waals surface area contributed by atoms with Gasteiger partial charge in [0.15, 0.2) is 0 Å². The molecular weight excluding hydrogens is 389 g/mol. The van der Waals surface area contributed by atoms with Gasteiger partial charge in [-0.1, -0.05) is 41.9 Å². The van der Waals surface area contributed by atoms with Crippen LogP contribution >= 0.6 is 11.6 Å². The monoisotopic (exact) mass is 413 g/mol. The SMILES string of the molecule is OC[C@@]1(Cc2ccccc2F)CCCN(Cc2cnn(-c3ccccc3Cl)c2)C1. The van der Waals surface area contributed by atoms with Gasteiger partial charge in [-0.15, -0.1) is 0 Å². The van der Waals surface area contributed by atoms with E-state index < -0.39 is 0 Å². The zero-order valence-corrected chi connectivity index (χ0v) is 17.0. The third-order valence-electron chi connectivity index (χ3n) is 5.74. The van der Waals surface area contributed by atoms with Crippen LogP contribution in [-0.4, -0.2) is 39.5 Å². The van der Waals surface area contributed by atoms with Crippen molar-refractivity contribution in [2.75, 3.05) is 19.7 Å². The molecule has 2 heterocycles. The lowest BCUT2D eigenvalue weighted by Gasteiger charge is -2.42. The molecular formula is C23H25ClFN3O. The molecule has 0 aliphatic carbocycles. The van der Waals surface area contributed by atoms with Gasteiger partial charge < -0.3 is 5.11 Å². The van der Waals surface area contributed by atoms with Crippen molar-refractivity contribution in [2.24, 2.45) is 5.41 Å². The summed E-state index contributed by atoms with van der Waals surface area (Å²) in [5.74, 6) is -0.196. The first-order chi connectivity index (χ1) is 14.1. The van der Waals surface area contributed by atoms with Crippen LogP contribution in [0.2, 0.25) is 5.02 Å². The number of benzene rings is 2. The van der Waals surface area contributed by atoms with E-state index in [2.05, 4.69) is 10.00 Å². The molecule has 1 fully saturated rings.